The quantitative estimate of drug-likeness (QED) is 0.177. The molecule has 3 atom stereocenters. The van der Waals surface area contributed by atoms with Crippen molar-refractivity contribution >= 4 is 21.7 Å². The molecule has 0 heterocycles. The third-order valence-corrected chi connectivity index (χ3v) is 8.69. The second-order valence-electron chi connectivity index (χ2n) is 11.3. The first kappa shape index (κ1) is 29.3. The van der Waals surface area contributed by atoms with Crippen LogP contribution in [0, 0.1) is 17.3 Å². The first-order valence-corrected chi connectivity index (χ1v) is 14.6. The number of hydrogen-bond acceptors (Lipinski definition) is 4. The van der Waals surface area contributed by atoms with Crippen LogP contribution in [-0.2, 0) is 16.4 Å². The Balaban J connectivity index is 1.65. The van der Waals surface area contributed by atoms with Gasteiger partial charge in [-0.1, -0.05) is 46.6 Å². The van der Waals surface area contributed by atoms with E-state index in [1.807, 2.05) is 12.1 Å². The number of benzene rings is 2. The zero-order valence-electron chi connectivity index (χ0n) is 22.6. The van der Waals surface area contributed by atoms with Gasteiger partial charge in [-0.05, 0) is 102 Å². The van der Waals surface area contributed by atoms with Gasteiger partial charge in [0.05, 0.1) is 4.90 Å². The Kier molecular flexibility index (Phi) is 9.68. The van der Waals surface area contributed by atoms with Crippen molar-refractivity contribution in [2.45, 2.75) is 77.0 Å². The number of anilines is 1. The van der Waals surface area contributed by atoms with Crippen molar-refractivity contribution in [1.82, 2.24) is 5.32 Å². The van der Waals surface area contributed by atoms with Gasteiger partial charge in [-0.25, -0.2) is 13.2 Å². The predicted molar refractivity (Wildman–Crippen MR) is 150 cm³/mol. The van der Waals surface area contributed by atoms with Crippen molar-refractivity contribution in [3.05, 3.63) is 64.0 Å². The number of azide groups is 1. The highest BCUT2D eigenvalue weighted by Crippen LogP contribution is 2.48. The first-order chi connectivity index (χ1) is 17.9. The number of nitrogens with zero attached hydrogens (tertiary/aromatic N) is 3. The smallest absolute Gasteiger partial charge is 0.319 e. The highest BCUT2D eigenvalue weighted by atomic mass is 32.2. The minimum absolute atomic E-state index is 0.154. The summed E-state index contributed by atoms with van der Waals surface area (Å²) in [5, 5.41) is 15.8. The van der Waals surface area contributed by atoms with Gasteiger partial charge in [0.2, 0.25) is 0 Å². The average molecular weight is 542 g/mol. The minimum Gasteiger partial charge on any atom is -0.508 e. The Bertz CT molecular complexity index is 1270. The van der Waals surface area contributed by atoms with Crippen molar-refractivity contribution in [2.24, 2.45) is 21.8 Å². The third-order valence-electron chi connectivity index (χ3n) is 7.53. The standard InChI is InChI=1S/C28H39N5O4S/c1-5-6-19-15-21(17-22(16-19)28(2,3)4)26-18-24(34)10-7-20(26)13-14-30-27(35)31-23-8-11-25(12-9-23)38(36,37)33-32-29/h7-12,18-19,21-22,34H,5-6,13-17H2,1-4H3,(H2,30,31,35). The van der Waals surface area contributed by atoms with Gasteiger partial charge in [0.25, 0.3) is 10.0 Å². The Morgan fingerprint density at radius 2 is 1.84 bits per heavy atom. The number of rotatable bonds is 9. The highest BCUT2D eigenvalue weighted by molar-refractivity contribution is 7.90. The molecule has 0 aliphatic heterocycles. The van der Waals surface area contributed by atoms with Crippen molar-refractivity contribution in [1.29, 1.82) is 0 Å². The summed E-state index contributed by atoms with van der Waals surface area (Å²) in [6, 6.07) is 10.6. The fraction of sp³-hybridized carbons (Fsp3) is 0.536. The number of phenolic OH excluding ortho intramolecular Hbond substituents is 1. The molecule has 2 aromatic carbocycles. The lowest BCUT2D eigenvalue weighted by atomic mass is 9.63. The van der Waals surface area contributed by atoms with Crippen LogP contribution in [-0.4, -0.2) is 26.1 Å². The fourth-order valence-electron chi connectivity index (χ4n) is 5.52. The molecule has 3 rings (SSSR count). The number of sulfonamides is 1. The molecule has 2 amide bonds. The molecule has 0 saturated heterocycles. The van der Waals surface area contributed by atoms with E-state index in [-0.39, 0.29) is 16.1 Å². The Hall–Kier alpha value is -3.23. The molecule has 1 fully saturated rings. The van der Waals surface area contributed by atoms with Crippen LogP contribution in [0.3, 0.4) is 0 Å². The van der Waals surface area contributed by atoms with Crippen LogP contribution in [0.15, 0.2) is 51.9 Å². The molecular formula is C28H39N5O4S. The van der Waals surface area contributed by atoms with Gasteiger partial charge in [-0.3, -0.25) is 0 Å². The Labute approximate surface area is 225 Å². The largest absolute Gasteiger partial charge is 0.508 e. The molecule has 9 nitrogen and oxygen atoms in total. The molecule has 10 heteroatoms. The Morgan fingerprint density at radius 3 is 2.47 bits per heavy atom. The average Bonchev–Trinajstić information content (AvgIpc) is 2.84. The van der Waals surface area contributed by atoms with Crippen LogP contribution < -0.4 is 10.6 Å². The van der Waals surface area contributed by atoms with Crippen molar-refractivity contribution in [3.8, 4) is 5.75 Å². The summed E-state index contributed by atoms with van der Waals surface area (Å²) in [5.74, 6) is 1.94. The summed E-state index contributed by atoms with van der Waals surface area (Å²) in [5.41, 5.74) is 11.3. The number of amides is 2. The molecule has 1 aliphatic rings. The molecule has 0 spiro atoms. The lowest BCUT2D eigenvalue weighted by molar-refractivity contribution is 0.121. The first-order valence-electron chi connectivity index (χ1n) is 13.2. The van der Waals surface area contributed by atoms with Crippen LogP contribution in [0.25, 0.3) is 10.4 Å². The summed E-state index contributed by atoms with van der Waals surface area (Å²) in [6.07, 6.45) is 6.49. The number of hydrogen-bond donors (Lipinski definition) is 3. The molecule has 3 N–H and O–H groups in total. The molecule has 0 aromatic heterocycles. The number of carbonyl (C=O) groups is 1. The molecule has 38 heavy (non-hydrogen) atoms. The monoisotopic (exact) mass is 541 g/mol. The van der Waals surface area contributed by atoms with E-state index in [2.05, 4.69) is 47.8 Å². The second-order valence-corrected chi connectivity index (χ2v) is 12.9. The van der Waals surface area contributed by atoms with Crippen LogP contribution in [0.1, 0.15) is 76.8 Å². The number of urea groups is 1. The van der Waals surface area contributed by atoms with Crippen LogP contribution in [0.5, 0.6) is 5.75 Å². The SMILES string of the molecule is CCCC1CC(c2cc(O)ccc2CCNC(=O)Nc2ccc(S(=O)(=O)N=[N+]=[N-])cc2)CC(C(C)(C)C)C1. The van der Waals surface area contributed by atoms with E-state index in [9.17, 15) is 18.3 Å². The van der Waals surface area contributed by atoms with E-state index in [0.717, 1.165) is 18.4 Å². The lowest BCUT2D eigenvalue weighted by Gasteiger charge is -2.42. The van der Waals surface area contributed by atoms with E-state index in [0.29, 0.717) is 36.4 Å². The number of nitrogens with one attached hydrogen (secondary N) is 2. The van der Waals surface area contributed by atoms with E-state index >= 15 is 0 Å². The maximum Gasteiger partial charge on any atom is 0.319 e. The van der Waals surface area contributed by atoms with Gasteiger partial charge in [-0.15, -0.1) is 0 Å². The van der Waals surface area contributed by atoms with Gasteiger partial charge >= 0.3 is 6.03 Å². The van der Waals surface area contributed by atoms with Gasteiger partial charge in [0.15, 0.2) is 0 Å². The maximum atomic E-state index is 12.4. The van der Waals surface area contributed by atoms with Crippen LogP contribution >= 0.6 is 0 Å². The van der Waals surface area contributed by atoms with Gasteiger partial charge in [-0.2, -0.15) is 0 Å². The molecule has 2 aromatic rings. The predicted octanol–water partition coefficient (Wildman–Crippen LogP) is 7.10. The molecule has 0 radical (unpaired) electrons. The number of aromatic hydroxyl groups is 1. The highest BCUT2D eigenvalue weighted by Gasteiger charge is 2.36. The van der Waals surface area contributed by atoms with E-state index in [1.54, 1.807) is 6.07 Å². The zero-order chi connectivity index (χ0) is 27.9. The van der Waals surface area contributed by atoms with E-state index in [4.69, 9.17) is 5.53 Å². The van der Waals surface area contributed by atoms with Crippen LogP contribution in [0.2, 0.25) is 0 Å². The molecule has 0 bridgehead atoms. The topological polar surface area (TPSA) is 144 Å². The summed E-state index contributed by atoms with van der Waals surface area (Å²) >= 11 is 0. The fourth-order valence-corrected chi connectivity index (χ4v) is 6.19. The summed E-state index contributed by atoms with van der Waals surface area (Å²) < 4.78 is 26.4. The maximum absolute atomic E-state index is 12.4. The second kappa shape index (κ2) is 12.5. The van der Waals surface area contributed by atoms with Crippen LogP contribution in [0.4, 0.5) is 10.5 Å². The summed E-state index contributed by atoms with van der Waals surface area (Å²) in [7, 11) is -4.07. The number of carbonyl (C=O) groups excluding carboxylic acids is 1. The third kappa shape index (κ3) is 7.88. The van der Waals surface area contributed by atoms with Crippen molar-refractivity contribution < 1.29 is 18.3 Å². The van der Waals surface area contributed by atoms with Crippen molar-refractivity contribution in [2.75, 3.05) is 11.9 Å². The van der Waals surface area contributed by atoms with Gasteiger partial charge in [0.1, 0.15) is 5.75 Å². The summed E-state index contributed by atoms with van der Waals surface area (Å²) in [6.45, 7) is 9.61. The number of phenols is 1. The van der Waals surface area contributed by atoms with Gasteiger partial charge in [0, 0.05) is 21.7 Å². The molecule has 3 unspecified atom stereocenters. The molecule has 1 aliphatic carbocycles. The van der Waals surface area contributed by atoms with Crippen molar-refractivity contribution in [3.63, 3.8) is 0 Å². The summed E-state index contributed by atoms with van der Waals surface area (Å²) in [4.78, 5) is 14.6. The minimum atomic E-state index is -4.07. The molecule has 1 saturated carbocycles. The lowest BCUT2D eigenvalue weighted by Crippen LogP contribution is -2.32. The van der Waals surface area contributed by atoms with E-state index in [1.165, 1.54) is 49.1 Å². The van der Waals surface area contributed by atoms with Gasteiger partial charge < -0.3 is 15.7 Å². The molecular weight excluding hydrogens is 502 g/mol. The van der Waals surface area contributed by atoms with E-state index < -0.39 is 16.1 Å². The zero-order valence-corrected chi connectivity index (χ0v) is 23.5. The Morgan fingerprint density at radius 1 is 1.13 bits per heavy atom. The molecule has 206 valence electrons. The normalized spacial score (nSPS) is 19.8.